The van der Waals surface area contributed by atoms with Gasteiger partial charge in [0.25, 0.3) is 5.91 Å². The largest absolute Gasteiger partial charge is 0.482 e. The van der Waals surface area contributed by atoms with Crippen molar-refractivity contribution in [1.29, 1.82) is 0 Å². The van der Waals surface area contributed by atoms with Crippen LogP contribution in [0.25, 0.3) is 0 Å². The number of rotatable bonds is 12. The summed E-state index contributed by atoms with van der Waals surface area (Å²) in [6.07, 6.45) is 1.41. The number of carbonyl (C=O) groups excluding carboxylic acids is 1. The van der Waals surface area contributed by atoms with E-state index in [0.29, 0.717) is 32.7 Å². The molecule has 0 aromatic heterocycles. The monoisotopic (exact) mass is 392 g/mol. The van der Waals surface area contributed by atoms with Gasteiger partial charge >= 0.3 is 0 Å². The molecule has 7 nitrogen and oxygen atoms in total. The maximum absolute atomic E-state index is 12.0. The molecule has 9 heteroatoms. The number of carbonyl (C=O) groups is 1. The van der Waals surface area contributed by atoms with Crippen LogP contribution in [0.2, 0.25) is 5.02 Å². The molecule has 2 N–H and O–H groups in total. The maximum Gasteiger partial charge on any atom is 0.257 e. The third-order valence-corrected chi connectivity index (χ3v) is 4.86. The predicted octanol–water partition coefficient (Wildman–Crippen LogP) is 1.95. The number of ether oxygens (including phenoxy) is 2. The molecule has 1 rings (SSSR count). The first kappa shape index (κ1) is 21.7. The highest BCUT2D eigenvalue weighted by atomic mass is 35.5. The van der Waals surface area contributed by atoms with Crippen molar-refractivity contribution in [1.82, 2.24) is 10.0 Å². The van der Waals surface area contributed by atoms with Crippen molar-refractivity contribution >= 4 is 27.5 Å². The minimum atomic E-state index is -3.59. The van der Waals surface area contributed by atoms with Gasteiger partial charge in [-0.25, -0.2) is 13.1 Å². The van der Waals surface area contributed by atoms with Crippen molar-refractivity contribution in [3.05, 3.63) is 23.2 Å². The molecule has 0 heterocycles. The molecule has 0 saturated carbocycles. The number of hydrogen-bond acceptors (Lipinski definition) is 5. The first-order valence-corrected chi connectivity index (χ1v) is 10.0. The topological polar surface area (TPSA) is 93.7 Å². The second-order valence-electron chi connectivity index (χ2n) is 5.18. The van der Waals surface area contributed by atoms with Crippen LogP contribution >= 0.6 is 11.6 Å². The predicted molar refractivity (Wildman–Crippen MR) is 96.5 cm³/mol. The van der Waals surface area contributed by atoms with Crippen molar-refractivity contribution < 1.29 is 22.7 Å². The fourth-order valence-electron chi connectivity index (χ4n) is 1.83. The van der Waals surface area contributed by atoms with E-state index >= 15 is 0 Å². The van der Waals surface area contributed by atoms with E-state index in [4.69, 9.17) is 21.1 Å². The maximum atomic E-state index is 12.0. The lowest BCUT2D eigenvalue weighted by molar-refractivity contribution is -0.123. The summed E-state index contributed by atoms with van der Waals surface area (Å²) in [6.45, 7) is 5.66. The number of sulfonamides is 1. The molecule has 1 aromatic carbocycles. The molecular formula is C16H25ClN2O5S. The van der Waals surface area contributed by atoms with Gasteiger partial charge in [0.15, 0.2) is 6.61 Å². The molecule has 0 fully saturated rings. The lowest BCUT2D eigenvalue weighted by Crippen LogP contribution is -2.30. The Bertz CT molecular complexity index is 652. The SMILES string of the molecule is CCCNS(=O)(=O)c1ccc(OCC(=O)NCCCOCC)c(Cl)c1. The van der Waals surface area contributed by atoms with E-state index in [0.717, 1.165) is 6.42 Å². The number of halogens is 1. The van der Waals surface area contributed by atoms with Crippen LogP contribution in [0.5, 0.6) is 5.75 Å². The van der Waals surface area contributed by atoms with Crippen molar-refractivity contribution in [3.8, 4) is 5.75 Å². The Morgan fingerprint density at radius 3 is 2.64 bits per heavy atom. The number of nitrogens with one attached hydrogen (secondary N) is 2. The van der Waals surface area contributed by atoms with Gasteiger partial charge in [-0.1, -0.05) is 18.5 Å². The molecule has 25 heavy (non-hydrogen) atoms. The van der Waals surface area contributed by atoms with E-state index in [-0.39, 0.29) is 28.2 Å². The van der Waals surface area contributed by atoms with Gasteiger partial charge in [0.1, 0.15) is 5.75 Å². The highest BCUT2D eigenvalue weighted by Gasteiger charge is 2.15. The molecule has 0 aliphatic carbocycles. The van der Waals surface area contributed by atoms with Gasteiger partial charge in [-0.2, -0.15) is 0 Å². The van der Waals surface area contributed by atoms with Gasteiger partial charge in [-0.05, 0) is 38.0 Å². The molecule has 0 bridgehead atoms. The third kappa shape index (κ3) is 8.04. The smallest absolute Gasteiger partial charge is 0.257 e. The quantitative estimate of drug-likeness (QED) is 0.530. The molecule has 0 spiro atoms. The first-order chi connectivity index (χ1) is 11.9. The lowest BCUT2D eigenvalue weighted by Gasteiger charge is -2.11. The van der Waals surface area contributed by atoms with Crippen molar-refractivity contribution in [2.45, 2.75) is 31.6 Å². The first-order valence-electron chi connectivity index (χ1n) is 8.17. The van der Waals surface area contributed by atoms with Gasteiger partial charge in [0, 0.05) is 26.3 Å². The Kier molecular flexibility index (Phi) is 9.81. The second kappa shape index (κ2) is 11.3. The normalized spacial score (nSPS) is 11.3. The summed E-state index contributed by atoms with van der Waals surface area (Å²) >= 11 is 6.05. The molecule has 0 unspecified atom stereocenters. The van der Waals surface area contributed by atoms with Crippen molar-refractivity contribution in [2.24, 2.45) is 0 Å². The second-order valence-corrected chi connectivity index (χ2v) is 7.35. The van der Waals surface area contributed by atoms with Crippen LogP contribution in [0.4, 0.5) is 0 Å². The van der Waals surface area contributed by atoms with E-state index in [1.165, 1.54) is 18.2 Å². The summed E-state index contributed by atoms with van der Waals surface area (Å²) in [5.41, 5.74) is 0. The Balaban J connectivity index is 2.51. The molecule has 0 aliphatic heterocycles. The molecule has 1 amide bonds. The lowest BCUT2D eigenvalue weighted by atomic mass is 10.3. The Morgan fingerprint density at radius 1 is 1.24 bits per heavy atom. The summed E-state index contributed by atoms with van der Waals surface area (Å²) < 4.78 is 37.0. The summed E-state index contributed by atoms with van der Waals surface area (Å²) in [5.74, 6) is -0.0329. The summed E-state index contributed by atoms with van der Waals surface area (Å²) in [6, 6.07) is 4.12. The molecule has 0 saturated heterocycles. The summed E-state index contributed by atoms with van der Waals surface area (Å²) in [5, 5.41) is 2.83. The zero-order chi connectivity index (χ0) is 18.7. The van der Waals surface area contributed by atoms with Crippen LogP contribution in [0.1, 0.15) is 26.7 Å². The minimum Gasteiger partial charge on any atom is -0.482 e. The number of hydrogen-bond donors (Lipinski definition) is 2. The third-order valence-electron chi connectivity index (χ3n) is 3.11. The summed E-state index contributed by atoms with van der Waals surface area (Å²) in [4.78, 5) is 11.7. The Morgan fingerprint density at radius 2 is 2.00 bits per heavy atom. The number of amides is 1. The minimum absolute atomic E-state index is 0.0543. The molecule has 1 aromatic rings. The van der Waals surface area contributed by atoms with E-state index < -0.39 is 10.0 Å². The van der Waals surface area contributed by atoms with Crippen LogP contribution in [0.15, 0.2) is 23.1 Å². The van der Waals surface area contributed by atoms with Crippen LogP contribution in [0, 0.1) is 0 Å². The van der Waals surface area contributed by atoms with Crippen LogP contribution in [0.3, 0.4) is 0 Å². The van der Waals surface area contributed by atoms with Crippen molar-refractivity contribution in [2.75, 3.05) is 32.9 Å². The van der Waals surface area contributed by atoms with Gasteiger partial charge in [0.2, 0.25) is 10.0 Å². The standard InChI is InChI=1S/C16H25ClN2O5S/c1-3-8-19-25(21,22)13-6-7-15(14(17)11-13)24-12-16(20)18-9-5-10-23-4-2/h6-7,11,19H,3-5,8-10,12H2,1-2H3,(H,18,20). The van der Waals surface area contributed by atoms with Crippen molar-refractivity contribution in [3.63, 3.8) is 0 Å². The van der Waals surface area contributed by atoms with Crippen LogP contribution in [-0.4, -0.2) is 47.2 Å². The highest BCUT2D eigenvalue weighted by molar-refractivity contribution is 7.89. The van der Waals surface area contributed by atoms with Crippen LogP contribution < -0.4 is 14.8 Å². The Hall–Kier alpha value is -1.35. The average Bonchev–Trinajstić information content (AvgIpc) is 2.58. The zero-order valence-corrected chi connectivity index (χ0v) is 16.1. The Labute approximate surface area is 154 Å². The molecule has 142 valence electrons. The van der Waals surface area contributed by atoms with E-state index in [2.05, 4.69) is 10.0 Å². The van der Waals surface area contributed by atoms with Gasteiger partial charge in [-0.15, -0.1) is 0 Å². The van der Waals surface area contributed by atoms with Gasteiger partial charge in [0.05, 0.1) is 9.92 Å². The highest BCUT2D eigenvalue weighted by Crippen LogP contribution is 2.27. The van der Waals surface area contributed by atoms with E-state index in [9.17, 15) is 13.2 Å². The molecule has 0 aliphatic rings. The zero-order valence-electron chi connectivity index (χ0n) is 14.5. The number of benzene rings is 1. The molecule has 0 atom stereocenters. The van der Waals surface area contributed by atoms with Gasteiger partial charge < -0.3 is 14.8 Å². The fraction of sp³-hybridized carbons (Fsp3) is 0.562. The van der Waals surface area contributed by atoms with Crippen LogP contribution in [-0.2, 0) is 19.6 Å². The van der Waals surface area contributed by atoms with E-state index in [1.807, 2.05) is 13.8 Å². The average molecular weight is 393 g/mol. The molecular weight excluding hydrogens is 368 g/mol. The van der Waals surface area contributed by atoms with E-state index in [1.54, 1.807) is 0 Å². The summed E-state index contributed by atoms with van der Waals surface area (Å²) in [7, 11) is -3.59. The van der Waals surface area contributed by atoms with Gasteiger partial charge in [-0.3, -0.25) is 4.79 Å². The fourth-order valence-corrected chi connectivity index (χ4v) is 3.29. The molecule has 0 radical (unpaired) electrons.